The Morgan fingerprint density at radius 1 is 1.26 bits per heavy atom. The maximum atomic E-state index is 5.65. The summed E-state index contributed by atoms with van der Waals surface area (Å²) in [7, 11) is 1.83. The number of ether oxygens (including phenoxy) is 1. The first-order valence-corrected chi connectivity index (χ1v) is 8.82. The average molecular weight is 438 g/mol. The quantitative estimate of drug-likeness (QED) is 0.394. The lowest BCUT2D eigenvalue weighted by Crippen LogP contribution is -2.56. The van der Waals surface area contributed by atoms with Gasteiger partial charge in [-0.25, -0.2) is 0 Å². The number of hydrogen-bond donors (Lipinski definition) is 2. The first-order valence-electron chi connectivity index (χ1n) is 8.82. The highest BCUT2D eigenvalue weighted by Crippen LogP contribution is 2.23. The summed E-state index contributed by atoms with van der Waals surface area (Å²) in [5.41, 5.74) is 0.149. The Balaban J connectivity index is 0.00000264. The molecule has 0 amide bonds. The van der Waals surface area contributed by atoms with E-state index in [1.807, 2.05) is 7.05 Å². The fraction of sp³-hybridized carbons (Fsp3) is 0.941. The highest BCUT2D eigenvalue weighted by Gasteiger charge is 2.30. The average Bonchev–Trinajstić information content (AvgIpc) is 3.01. The molecule has 0 radical (unpaired) electrons. The second kappa shape index (κ2) is 10.0. The molecule has 2 N–H and O–H groups in total. The number of aliphatic imine (C=N–C) groups is 1. The van der Waals surface area contributed by atoms with Gasteiger partial charge in [0.15, 0.2) is 5.96 Å². The zero-order chi connectivity index (χ0) is 16.0. The van der Waals surface area contributed by atoms with Crippen LogP contribution in [0.15, 0.2) is 4.99 Å². The Kier molecular flexibility index (Phi) is 9.15. The Labute approximate surface area is 159 Å². The molecular formula is C17H35IN4O. The molecule has 2 heterocycles. The predicted octanol–water partition coefficient (Wildman–Crippen LogP) is 2.46. The number of halogens is 1. The van der Waals surface area contributed by atoms with Gasteiger partial charge >= 0.3 is 0 Å². The topological polar surface area (TPSA) is 48.9 Å². The van der Waals surface area contributed by atoms with Gasteiger partial charge in [0.05, 0.1) is 6.10 Å². The van der Waals surface area contributed by atoms with Crippen LogP contribution >= 0.6 is 24.0 Å². The van der Waals surface area contributed by atoms with Crippen LogP contribution in [0.3, 0.4) is 0 Å². The number of likely N-dealkylation sites (tertiary alicyclic amines) is 1. The highest BCUT2D eigenvalue weighted by atomic mass is 127. The predicted molar refractivity (Wildman–Crippen MR) is 108 cm³/mol. The van der Waals surface area contributed by atoms with Crippen molar-refractivity contribution in [3.05, 3.63) is 0 Å². The summed E-state index contributed by atoms with van der Waals surface area (Å²) in [5, 5.41) is 6.88. The molecule has 2 aliphatic rings. The van der Waals surface area contributed by atoms with Gasteiger partial charge in [-0.05, 0) is 52.0 Å². The Morgan fingerprint density at radius 3 is 2.65 bits per heavy atom. The largest absolute Gasteiger partial charge is 0.376 e. The van der Waals surface area contributed by atoms with Crippen LogP contribution in [0.5, 0.6) is 0 Å². The normalized spacial score (nSPS) is 26.7. The van der Waals surface area contributed by atoms with Crippen molar-refractivity contribution in [2.24, 2.45) is 10.9 Å². The van der Waals surface area contributed by atoms with Gasteiger partial charge in [0, 0.05) is 38.8 Å². The molecular weight excluding hydrogens is 403 g/mol. The van der Waals surface area contributed by atoms with E-state index >= 15 is 0 Å². The second-order valence-corrected chi connectivity index (χ2v) is 7.45. The number of nitrogens with one attached hydrogen (secondary N) is 2. The van der Waals surface area contributed by atoms with Gasteiger partial charge in [0.25, 0.3) is 0 Å². The minimum atomic E-state index is 0. The van der Waals surface area contributed by atoms with Crippen molar-refractivity contribution < 1.29 is 4.74 Å². The van der Waals surface area contributed by atoms with Crippen molar-refractivity contribution in [2.45, 2.75) is 58.1 Å². The van der Waals surface area contributed by atoms with Crippen molar-refractivity contribution in [3.63, 3.8) is 0 Å². The molecule has 2 fully saturated rings. The van der Waals surface area contributed by atoms with Crippen LogP contribution in [-0.2, 0) is 4.74 Å². The van der Waals surface area contributed by atoms with Crippen LogP contribution in [0.1, 0.15) is 46.5 Å². The molecule has 136 valence electrons. The SMILES string of the molecule is CN=C(NCC1CCCO1)NCC(C)(C)N1CCCC(C)C1.I. The standard InChI is InChI=1S/C17H34N4O.HI/c1-14-7-5-9-21(12-14)17(2,3)13-20-16(18-4)19-11-15-8-6-10-22-15;/h14-15H,5-13H2,1-4H3,(H2,18,19,20);1H. The number of guanidine groups is 1. The van der Waals surface area contributed by atoms with Gasteiger partial charge in [0.2, 0.25) is 0 Å². The minimum Gasteiger partial charge on any atom is -0.376 e. The number of nitrogens with zero attached hydrogens (tertiary/aromatic N) is 2. The van der Waals surface area contributed by atoms with E-state index in [4.69, 9.17) is 4.74 Å². The van der Waals surface area contributed by atoms with Gasteiger partial charge in [-0.1, -0.05) is 6.92 Å². The van der Waals surface area contributed by atoms with Gasteiger partial charge in [-0.2, -0.15) is 0 Å². The zero-order valence-corrected chi connectivity index (χ0v) is 17.6. The summed E-state index contributed by atoms with van der Waals surface area (Å²) in [6.07, 6.45) is 5.36. The third-order valence-electron chi connectivity index (χ3n) is 4.95. The van der Waals surface area contributed by atoms with E-state index < -0.39 is 0 Å². The summed E-state index contributed by atoms with van der Waals surface area (Å²) < 4.78 is 5.65. The summed E-state index contributed by atoms with van der Waals surface area (Å²) in [4.78, 5) is 6.95. The van der Waals surface area contributed by atoms with E-state index in [0.29, 0.717) is 6.10 Å². The van der Waals surface area contributed by atoms with Crippen LogP contribution in [0.2, 0.25) is 0 Å². The van der Waals surface area contributed by atoms with Crippen molar-refractivity contribution in [3.8, 4) is 0 Å². The zero-order valence-electron chi connectivity index (χ0n) is 15.2. The molecule has 2 aliphatic heterocycles. The maximum absolute atomic E-state index is 5.65. The van der Waals surface area contributed by atoms with Crippen LogP contribution in [0.4, 0.5) is 0 Å². The van der Waals surface area contributed by atoms with Gasteiger partial charge in [-0.3, -0.25) is 9.89 Å². The fourth-order valence-electron chi connectivity index (χ4n) is 3.39. The molecule has 0 spiro atoms. The minimum absolute atomic E-state index is 0. The molecule has 5 nitrogen and oxygen atoms in total. The van der Waals surface area contributed by atoms with Crippen molar-refractivity contribution in [1.29, 1.82) is 0 Å². The lowest BCUT2D eigenvalue weighted by molar-refractivity contribution is 0.0738. The fourth-order valence-corrected chi connectivity index (χ4v) is 3.39. The molecule has 0 aromatic rings. The summed E-state index contributed by atoms with van der Waals surface area (Å²) >= 11 is 0. The maximum Gasteiger partial charge on any atom is 0.191 e. The lowest BCUT2D eigenvalue weighted by atomic mass is 9.93. The first-order chi connectivity index (χ1) is 10.5. The summed E-state index contributed by atoms with van der Waals surface area (Å²) in [6, 6.07) is 0. The second-order valence-electron chi connectivity index (χ2n) is 7.45. The number of rotatable bonds is 5. The highest BCUT2D eigenvalue weighted by molar-refractivity contribution is 14.0. The Morgan fingerprint density at radius 2 is 2.04 bits per heavy atom. The van der Waals surface area contributed by atoms with Crippen molar-refractivity contribution in [1.82, 2.24) is 15.5 Å². The summed E-state index contributed by atoms with van der Waals surface area (Å²) in [6.45, 7) is 12.1. The van der Waals surface area contributed by atoms with Crippen molar-refractivity contribution in [2.75, 3.05) is 39.8 Å². The third kappa shape index (κ3) is 6.74. The Hall–Kier alpha value is -0.0800. The van der Waals surface area contributed by atoms with Gasteiger partial charge in [0.1, 0.15) is 0 Å². The van der Waals surface area contributed by atoms with E-state index in [1.165, 1.54) is 32.4 Å². The molecule has 0 saturated carbocycles. The molecule has 0 aromatic carbocycles. The first kappa shape index (κ1) is 21.0. The Bertz CT molecular complexity index is 370. The van der Waals surface area contributed by atoms with Crippen molar-refractivity contribution >= 4 is 29.9 Å². The molecule has 0 aliphatic carbocycles. The van der Waals surface area contributed by atoms with Crippen LogP contribution in [0.25, 0.3) is 0 Å². The van der Waals surface area contributed by atoms with E-state index in [1.54, 1.807) is 0 Å². The molecule has 2 rings (SSSR count). The smallest absolute Gasteiger partial charge is 0.191 e. The van der Waals surface area contributed by atoms with E-state index in [-0.39, 0.29) is 29.5 Å². The van der Waals surface area contributed by atoms with E-state index in [2.05, 4.69) is 41.3 Å². The number of hydrogen-bond acceptors (Lipinski definition) is 3. The van der Waals surface area contributed by atoms with E-state index in [9.17, 15) is 0 Å². The van der Waals surface area contributed by atoms with Crippen LogP contribution in [-0.4, -0.2) is 62.3 Å². The molecule has 0 aromatic heterocycles. The molecule has 6 heteroatoms. The van der Waals surface area contributed by atoms with Gasteiger partial charge in [-0.15, -0.1) is 24.0 Å². The third-order valence-corrected chi connectivity index (χ3v) is 4.95. The molecule has 0 bridgehead atoms. The van der Waals surface area contributed by atoms with E-state index in [0.717, 1.165) is 38.0 Å². The van der Waals surface area contributed by atoms with Crippen LogP contribution in [0, 0.1) is 5.92 Å². The molecule has 2 atom stereocenters. The molecule has 23 heavy (non-hydrogen) atoms. The number of piperidine rings is 1. The lowest BCUT2D eigenvalue weighted by Gasteiger charge is -2.43. The van der Waals surface area contributed by atoms with Crippen LogP contribution < -0.4 is 10.6 Å². The summed E-state index contributed by atoms with van der Waals surface area (Å²) in [5.74, 6) is 1.69. The monoisotopic (exact) mass is 438 g/mol. The molecule has 2 saturated heterocycles. The molecule has 2 unspecified atom stereocenters. The van der Waals surface area contributed by atoms with Gasteiger partial charge < -0.3 is 15.4 Å².